The molecule has 2 rings (SSSR count). The van der Waals surface area contributed by atoms with Crippen molar-refractivity contribution in [2.24, 2.45) is 0 Å². The number of halogens is 2. The summed E-state index contributed by atoms with van der Waals surface area (Å²) in [4.78, 5) is 14.3. The number of nitrogens with two attached hydrogens (primary N) is 1. The second kappa shape index (κ2) is 5.50. The summed E-state index contributed by atoms with van der Waals surface area (Å²) in [7, 11) is 1.47. The van der Waals surface area contributed by atoms with Crippen molar-refractivity contribution in [1.82, 2.24) is 9.55 Å². The Kier molecular flexibility index (Phi) is 4.27. The lowest BCUT2D eigenvalue weighted by Crippen LogP contribution is -2.42. The first-order valence-electron chi connectivity index (χ1n) is 5.84. The third kappa shape index (κ3) is 2.51. The minimum Gasteiger partial charge on any atom is -0.388 e. The van der Waals surface area contributed by atoms with Crippen molar-refractivity contribution in [2.75, 3.05) is 19.5 Å². The molecule has 1 aromatic heterocycles. The SMILES string of the molecule is COCC1OC(n2cc(Cl)c(N)nc2=O)C(C)(Cl)C1O. The summed E-state index contributed by atoms with van der Waals surface area (Å²) in [5.74, 6) is -0.0730. The fraction of sp³-hybridized carbons (Fsp3) is 0.636. The number of aromatic nitrogens is 2. The highest BCUT2D eigenvalue weighted by atomic mass is 35.5. The minimum absolute atomic E-state index is 0.0730. The summed E-state index contributed by atoms with van der Waals surface area (Å²) in [5, 5.41) is 10.3. The van der Waals surface area contributed by atoms with E-state index in [-0.39, 0.29) is 17.4 Å². The van der Waals surface area contributed by atoms with Gasteiger partial charge in [-0.25, -0.2) is 4.79 Å². The van der Waals surface area contributed by atoms with Crippen LogP contribution in [0.25, 0.3) is 0 Å². The van der Waals surface area contributed by atoms with Gasteiger partial charge in [0.2, 0.25) is 0 Å². The Labute approximate surface area is 125 Å². The minimum atomic E-state index is -1.23. The van der Waals surface area contributed by atoms with Crippen molar-refractivity contribution < 1.29 is 14.6 Å². The predicted molar refractivity (Wildman–Crippen MR) is 74.0 cm³/mol. The Hall–Kier alpha value is -0.860. The number of nitrogens with zero attached hydrogens (tertiary/aromatic N) is 2. The van der Waals surface area contributed by atoms with Crippen LogP contribution in [0.5, 0.6) is 0 Å². The molecule has 1 aliphatic rings. The van der Waals surface area contributed by atoms with E-state index >= 15 is 0 Å². The van der Waals surface area contributed by atoms with Crippen molar-refractivity contribution in [3.8, 4) is 0 Å². The highest BCUT2D eigenvalue weighted by Crippen LogP contribution is 2.42. The summed E-state index contributed by atoms with van der Waals surface area (Å²) in [6.45, 7) is 1.71. The first-order valence-corrected chi connectivity index (χ1v) is 6.60. The average molecular weight is 324 g/mol. The molecule has 0 aromatic carbocycles. The second-order valence-electron chi connectivity index (χ2n) is 4.74. The normalized spacial score (nSPS) is 33.5. The zero-order valence-electron chi connectivity index (χ0n) is 10.9. The summed E-state index contributed by atoms with van der Waals surface area (Å²) >= 11 is 12.2. The van der Waals surface area contributed by atoms with Crippen LogP contribution in [0.1, 0.15) is 13.2 Å². The molecule has 0 radical (unpaired) electrons. The highest BCUT2D eigenvalue weighted by Gasteiger charge is 2.53. The molecule has 0 spiro atoms. The molecule has 1 saturated heterocycles. The quantitative estimate of drug-likeness (QED) is 0.780. The molecule has 7 nitrogen and oxygen atoms in total. The Morgan fingerprint density at radius 2 is 2.35 bits per heavy atom. The molecule has 2 heterocycles. The average Bonchev–Trinajstić information content (AvgIpc) is 2.58. The molecule has 1 aromatic rings. The van der Waals surface area contributed by atoms with Gasteiger partial charge < -0.3 is 20.3 Å². The molecule has 0 bridgehead atoms. The monoisotopic (exact) mass is 323 g/mol. The van der Waals surface area contributed by atoms with Gasteiger partial charge in [-0.2, -0.15) is 4.98 Å². The van der Waals surface area contributed by atoms with E-state index in [2.05, 4.69) is 4.98 Å². The molecular weight excluding hydrogens is 309 g/mol. The van der Waals surface area contributed by atoms with Gasteiger partial charge in [0, 0.05) is 13.3 Å². The van der Waals surface area contributed by atoms with E-state index in [0.29, 0.717) is 0 Å². The summed E-state index contributed by atoms with van der Waals surface area (Å²) in [6.07, 6.45) is -1.31. The molecule has 1 aliphatic heterocycles. The van der Waals surface area contributed by atoms with E-state index in [9.17, 15) is 9.90 Å². The van der Waals surface area contributed by atoms with Gasteiger partial charge >= 0.3 is 5.69 Å². The van der Waals surface area contributed by atoms with Gasteiger partial charge in [-0.15, -0.1) is 11.6 Å². The maximum Gasteiger partial charge on any atom is 0.351 e. The van der Waals surface area contributed by atoms with Crippen LogP contribution in [-0.4, -0.2) is 45.5 Å². The highest BCUT2D eigenvalue weighted by molar-refractivity contribution is 6.32. The number of hydrogen-bond donors (Lipinski definition) is 2. The molecule has 4 atom stereocenters. The lowest BCUT2D eigenvalue weighted by Gasteiger charge is -2.26. The van der Waals surface area contributed by atoms with E-state index in [0.717, 1.165) is 4.57 Å². The lowest BCUT2D eigenvalue weighted by molar-refractivity contribution is -0.0555. The smallest absolute Gasteiger partial charge is 0.351 e. The van der Waals surface area contributed by atoms with Crippen LogP contribution < -0.4 is 11.4 Å². The van der Waals surface area contributed by atoms with Crippen molar-refractivity contribution in [1.29, 1.82) is 0 Å². The first kappa shape index (κ1) is 15.5. The summed E-state index contributed by atoms with van der Waals surface area (Å²) in [5.41, 5.74) is 4.80. The molecule has 1 fully saturated rings. The maximum atomic E-state index is 11.9. The maximum absolute atomic E-state index is 11.9. The van der Waals surface area contributed by atoms with Crippen molar-refractivity contribution in [3.05, 3.63) is 21.7 Å². The number of alkyl halides is 1. The van der Waals surface area contributed by atoms with Gasteiger partial charge in [0.25, 0.3) is 0 Å². The summed E-state index contributed by atoms with van der Waals surface area (Å²) in [6, 6.07) is 0. The Balaban J connectivity index is 2.42. The molecule has 0 aliphatic carbocycles. The van der Waals surface area contributed by atoms with Gasteiger partial charge in [0.1, 0.15) is 22.9 Å². The first-order chi connectivity index (χ1) is 9.28. The van der Waals surface area contributed by atoms with E-state index in [1.165, 1.54) is 13.3 Å². The van der Waals surface area contributed by atoms with E-state index in [4.69, 9.17) is 38.4 Å². The largest absolute Gasteiger partial charge is 0.388 e. The zero-order chi connectivity index (χ0) is 15.1. The molecular formula is C11H15Cl2N3O4. The van der Waals surface area contributed by atoms with Crippen molar-refractivity contribution in [2.45, 2.75) is 30.2 Å². The Morgan fingerprint density at radius 3 is 2.95 bits per heavy atom. The van der Waals surface area contributed by atoms with Gasteiger partial charge in [0.15, 0.2) is 6.23 Å². The second-order valence-corrected chi connectivity index (χ2v) is 5.96. The number of hydrogen-bond acceptors (Lipinski definition) is 6. The standard InChI is InChI=1S/C11H15Cl2N3O4/c1-11(13)7(17)6(4-19-2)20-9(11)16-3-5(12)8(14)15-10(16)18/h3,6-7,9,17H,4H2,1-2H3,(H2,14,15,18). The van der Waals surface area contributed by atoms with Gasteiger partial charge in [0.05, 0.1) is 11.6 Å². The predicted octanol–water partition coefficient (Wildman–Crippen LogP) is 0.381. The number of ether oxygens (including phenoxy) is 2. The fourth-order valence-electron chi connectivity index (χ4n) is 2.14. The molecule has 9 heteroatoms. The van der Waals surface area contributed by atoms with Gasteiger partial charge in [-0.05, 0) is 6.92 Å². The van der Waals surface area contributed by atoms with E-state index in [1.54, 1.807) is 6.92 Å². The van der Waals surface area contributed by atoms with Crippen molar-refractivity contribution >= 4 is 29.0 Å². The molecule has 0 saturated carbocycles. The Bertz CT molecular complexity index is 563. The van der Waals surface area contributed by atoms with Gasteiger partial charge in [-0.1, -0.05) is 11.6 Å². The zero-order valence-corrected chi connectivity index (χ0v) is 12.4. The van der Waals surface area contributed by atoms with E-state index < -0.39 is 29.0 Å². The van der Waals surface area contributed by atoms with Crippen LogP contribution >= 0.6 is 23.2 Å². The number of aliphatic hydroxyl groups excluding tert-OH is 1. The summed E-state index contributed by atoms with van der Waals surface area (Å²) < 4.78 is 11.7. The van der Waals surface area contributed by atoms with Crippen LogP contribution in [0.4, 0.5) is 5.82 Å². The molecule has 3 N–H and O–H groups in total. The number of anilines is 1. The number of methoxy groups -OCH3 is 1. The van der Waals surface area contributed by atoms with Crippen LogP contribution in [0.2, 0.25) is 5.02 Å². The number of rotatable bonds is 3. The molecule has 112 valence electrons. The van der Waals surface area contributed by atoms with Gasteiger partial charge in [-0.3, -0.25) is 4.57 Å². The fourth-order valence-corrected chi connectivity index (χ4v) is 2.58. The van der Waals surface area contributed by atoms with Crippen molar-refractivity contribution in [3.63, 3.8) is 0 Å². The van der Waals surface area contributed by atoms with Crippen LogP contribution in [-0.2, 0) is 9.47 Å². The lowest BCUT2D eigenvalue weighted by atomic mass is 10.0. The number of aliphatic hydroxyl groups is 1. The van der Waals surface area contributed by atoms with E-state index in [1.807, 2.05) is 0 Å². The van der Waals surface area contributed by atoms with Crippen LogP contribution in [0.15, 0.2) is 11.0 Å². The Morgan fingerprint density at radius 1 is 1.70 bits per heavy atom. The molecule has 4 unspecified atom stereocenters. The molecule has 20 heavy (non-hydrogen) atoms. The third-order valence-electron chi connectivity index (χ3n) is 3.23. The number of nitrogen functional groups attached to an aromatic ring is 1. The third-order valence-corrected chi connectivity index (χ3v) is 3.94. The van der Waals surface area contributed by atoms with Crippen LogP contribution in [0.3, 0.4) is 0 Å². The molecule has 0 amide bonds. The topological polar surface area (TPSA) is 99.6 Å². The van der Waals surface area contributed by atoms with Crippen LogP contribution in [0, 0.1) is 0 Å².